The normalized spacial score (nSPS) is 14.1. The second-order valence-corrected chi connectivity index (χ2v) is 6.34. The number of morpholine rings is 1. The van der Waals surface area contributed by atoms with Gasteiger partial charge in [-0.3, -0.25) is 0 Å². The molecule has 0 bridgehead atoms. The van der Waals surface area contributed by atoms with Crippen molar-refractivity contribution in [2.75, 3.05) is 33.4 Å². The molecule has 0 spiro atoms. The lowest BCUT2D eigenvalue weighted by atomic mass is 10.1. The topological polar surface area (TPSA) is 78.2 Å². The third kappa shape index (κ3) is 3.70. The Morgan fingerprint density at radius 2 is 1.71 bits per heavy atom. The Balaban J connectivity index is 1.60. The van der Waals surface area contributed by atoms with Gasteiger partial charge in [-0.25, -0.2) is 9.59 Å². The summed E-state index contributed by atoms with van der Waals surface area (Å²) in [4.78, 5) is 26.2. The van der Waals surface area contributed by atoms with E-state index < -0.39 is 11.7 Å². The summed E-state index contributed by atoms with van der Waals surface area (Å²) in [6.07, 6.45) is -0.445. The van der Waals surface area contributed by atoms with Gasteiger partial charge in [0.2, 0.25) is 0 Å². The van der Waals surface area contributed by atoms with Crippen LogP contribution in [0.4, 0.5) is 4.79 Å². The third-order valence-electron chi connectivity index (χ3n) is 4.58. The highest BCUT2D eigenvalue weighted by molar-refractivity contribution is 5.83. The Morgan fingerprint density at radius 1 is 1.00 bits per heavy atom. The van der Waals surface area contributed by atoms with Crippen LogP contribution in [0.3, 0.4) is 0 Å². The molecule has 1 aliphatic rings. The lowest BCUT2D eigenvalue weighted by Gasteiger charge is -2.25. The van der Waals surface area contributed by atoms with Crippen LogP contribution in [0.2, 0.25) is 0 Å². The van der Waals surface area contributed by atoms with Crippen molar-refractivity contribution >= 4 is 17.1 Å². The van der Waals surface area contributed by atoms with Crippen LogP contribution in [-0.2, 0) is 4.74 Å². The minimum atomic E-state index is -0.464. The molecule has 0 aliphatic carbocycles. The Labute approximate surface area is 161 Å². The van der Waals surface area contributed by atoms with Crippen molar-refractivity contribution in [3.63, 3.8) is 0 Å². The number of hydrogen-bond donors (Lipinski definition) is 0. The summed E-state index contributed by atoms with van der Waals surface area (Å²) in [7, 11) is 1.59. The van der Waals surface area contributed by atoms with E-state index in [0.717, 1.165) is 10.9 Å². The van der Waals surface area contributed by atoms with Gasteiger partial charge in [0.15, 0.2) is 0 Å². The molecule has 7 heteroatoms. The summed E-state index contributed by atoms with van der Waals surface area (Å²) >= 11 is 0. The first-order valence-corrected chi connectivity index (χ1v) is 8.91. The number of carbonyl (C=O) groups is 1. The number of methoxy groups -OCH3 is 1. The van der Waals surface area contributed by atoms with Crippen molar-refractivity contribution in [3.8, 4) is 22.6 Å². The number of amides is 1. The van der Waals surface area contributed by atoms with Crippen molar-refractivity contribution in [1.29, 1.82) is 0 Å². The second-order valence-electron chi connectivity index (χ2n) is 6.34. The summed E-state index contributed by atoms with van der Waals surface area (Å²) in [5, 5.41) is 0.733. The van der Waals surface area contributed by atoms with Crippen LogP contribution in [-0.4, -0.2) is 44.4 Å². The number of benzene rings is 2. The molecule has 144 valence electrons. The molecule has 2 aromatic carbocycles. The highest BCUT2D eigenvalue weighted by atomic mass is 16.6. The molecule has 2 heterocycles. The van der Waals surface area contributed by atoms with Crippen LogP contribution in [0.5, 0.6) is 11.5 Å². The SMILES string of the molecule is COc1ccc(-c2cc3ccc(OC(=O)N4CCOCC4)cc3oc2=O)cc1. The summed E-state index contributed by atoms with van der Waals surface area (Å²) in [5.41, 5.74) is 1.08. The van der Waals surface area contributed by atoms with Crippen molar-refractivity contribution in [2.24, 2.45) is 0 Å². The van der Waals surface area contributed by atoms with E-state index in [0.29, 0.717) is 48.9 Å². The summed E-state index contributed by atoms with van der Waals surface area (Å²) < 4.78 is 21.2. The molecule has 1 aromatic heterocycles. The van der Waals surface area contributed by atoms with Gasteiger partial charge in [-0.1, -0.05) is 12.1 Å². The lowest BCUT2D eigenvalue weighted by Crippen LogP contribution is -2.42. The molecule has 1 aliphatic heterocycles. The van der Waals surface area contributed by atoms with Gasteiger partial charge < -0.3 is 23.5 Å². The van der Waals surface area contributed by atoms with Crippen LogP contribution in [0.25, 0.3) is 22.1 Å². The number of ether oxygens (including phenoxy) is 3. The monoisotopic (exact) mass is 381 g/mol. The fourth-order valence-electron chi connectivity index (χ4n) is 3.04. The van der Waals surface area contributed by atoms with E-state index in [1.165, 1.54) is 0 Å². The van der Waals surface area contributed by atoms with Gasteiger partial charge in [0.05, 0.1) is 25.9 Å². The fourth-order valence-corrected chi connectivity index (χ4v) is 3.04. The largest absolute Gasteiger partial charge is 0.497 e. The molecule has 7 nitrogen and oxygen atoms in total. The molecule has 0 radical (unpaired) electrons. The molecule has 1 amide bonds. The number of nitrogens with zero attached hydrogens (tertiary/aromatic N) is 1. The average Bonchev–Trinajstić information content (AvgIpc) is 2.74. The highest BCUT2D eigenvalue weighted by Gasteiger charge is 2.19. The lowest BCUT2D eigenvalue weighted by molar-refractivity contribution is 0.0416. The molecule has 4 rings (SSSR count). The maximum Gasteiger partial charge on any atom is 0.415 e. The van der Waals surface area contributed by atoms with Crippen molar-refractivity contribution in [2.45, 2.75) is 0 Å². The predicted molar refractivity (Wildman–Crippen MR) is 103 cm³/mol. The predicted octanol–water partition coefficient (Wildman–Crippen LogP) is 3.30. The van der Waals surface area contributed by atoms with Gasteiger partial charge >= 0.3 is 11.7 Å². The van der Waals surface area contributed by atoms with E-state index in [-0.39, 0.29) is 0 Å². The highest BCUT2D eigenvalue weighted by Crippen LogP contribution is 2.26. The fraction of sp³-hybridized carbons (Fsp3) is 0.238. The number of hydrogen-bond acceptors (Lipinski definition) is 6. The minimum Gasteiger partial charge on any atom is -0.497 e. The van der Waals surface area contributed by atoms with E-state index in [9.17, 15) is 9.59 Å². The molecule has 3 aromatic rings. The maximum atomic E-state index is 12.4. The quantitative estimate of drug-likeness (QED) is 0.648. The minimum absolute atomic E-state index is 0.323. The second kappa shape index (κ2) is 7.74. The molecule has 0 saturated carbocycles. The van der Waals surface area contributed by atoms with Gasteiger partial charge in [-0.05, 0) is 35.9 Å². The van der Waals surface area contributed by atoms with Crippen molar-refractivity contribution in [3.05, 3.63) is 59.0 Å². The van der Waals surface area contributed by atoms with Crippen LogP contribution >= 0.6 is 0 Å². The Kier molecular flexibility index (Phi) is 4.99. The van der Waals surface area contributed by atoms with Gasteiger partial charge in [-0.15, -0.1) is 0 Å². The first kappa shape index (κ1) is 18.1. The zero-order chi connectivity index (χ0) is 19.5. The zero-order valence-electron chi connectivity index (χ0n) is 15.3. The Bertz CT molecular complexity index is 1050. The maximum absolute atomic E-state index is 12.4. The summed E-state index contributed by atoms with van der Waals surface area (Å²) in [6, 6.07) is 13.9. The smallest absolute Gasteiger partial charge is 0.415 e. The molecule has 1 saturated heterocycles. The number of fused-ring (bicyclic) bond motifs is 1. The van der Waals surface area contributed by atoms with E-state index in [1.54, 1.807) is 60.5 Å². The summed E-state index contributed by atoms with van der Waals surface area (Å²) in [6.45, 7) is 1.98. The molecule has 1 fully saturated rings. The molecular weight excluding hydrogens is 362 g/mol. The molecule has 0 atom stereocenters. The molecule has 28 heavy (non-hydrogen) atoms. The standard InChI is InChI=1S/C21H19NO6/c1-25-16-5-2-14(3-6-16)18-12-15-4-7-17(13-19(15)28-20(18)23)27-21(24)22-8-10-26-11-9-22/h2-7,12-13H,8-11H2,1H3. The van der Waals surface area contributed by atoms with Crippen LogP contribution in [0.1, 0.15) is 0 Å². The average molecular weight is 381 g/mol. The molecule has 0 unspecified atom stereocenters. The van der Waals surface area contributed by atoms with Gasteiger partial charge in [0, 0.05) is 24.5 Å². The van der Waals surface area contributed by atoms with Crippen molar-refractivity contribution < 1.29 is 23.4 Å². The van der Waals surface area contributed by atoms with Crippen molar-refractivity contribution in [1.82, 2.24) is 4.90 Å². The van der Waals surface area contributed by atoms with Crippen LogP contribution in [0.15, 0.2) is 57.7 Å². The number of rotatable bonds is 3. The molecular formula is C21H19NO6. The van der Waals surface area contributed by atoms with E-state index in [1.807, 2.05) is 0 Å². The Hall–Kier alpha value is -3.32. The molecule has 0 N–H and O–H groups in total. The zero-order valence-corrected chi connectivity index (χ0v) is 15.3. The van der Waals surface area contributed by atoms with E-state index in [4.69, 9.17) is 18.6 Å². The first-order valence-electron chi connectivity index (χ1n) is 8.91. The van der Waals surface area contributed by atoms with Gasteiger partial charge in [0.1, 0.15) is 17.1 Å². The van der Waals surface area contributed by atoms with Gasteiger partial charge in [-0.2, -0.15) is 0 Å². The third-order valence-corrected chi connectivity index (χ3v) is 4.58. The van der Waals surface area contributed by atoms with Crippen LogP contribution in [0, 0.1) is 0 Å². The van der Waals surface area contributed by atoms with Crippen LogP contribution < -0.4 is 15.1 Å². The Morgan fingerprint density at radius 3 is 2.43 bits per heavy atom. The van der Waals surface area contributed by atoms with E-state index >= 15 is 0 Å². The number of carbonyl (C=O) groups excluding carboxylic acids is 1. The van der Waals surface area contributed by atoms with E-state index in [2.05, 4.69) is 0 Å². The first-order chi connectivity index (χ1) is 13.6. The summed E-state index contributed by atoms with van der Waals surface area (Å²) in [5.74, 6) is 1.03. The van der Waals surface area contributed by atoms with Gasteiger partial charge in [0.25, 0.3) is 0 Å².